The highest BCUT2D eigenvalue weighted by atomic mass is 35.5. The fourth-order valence-electron chi connectivity index (χ4n) is 3.16. The normalized spacial score (nSPS) is 11.3. The number of nitro groups is 1. The van der Waals surface area contributed by atoms with Gasteiger partial charge in [-0.05, 0) is 44.2 Å². The minimum absolute atomic E-state index is 0.000852. The van der Waals surface area contributed by atoms with Crippen molar-refractivity contribution >= 4 is 45.1 Å². The van der Waals surface area contributed by atoms with Crippen molar-refractivity contribution in [2.75, 3.05) is 17.5 Å². The van der Waals surface area contributed by atoms with Crippen LogP contribution in [0.2, 0.25) is 5.02 Å². The van der Waals surface area contributed by atoms with Crippen LogP contribution < -0.4 is 14.5 Å². The van der Waals surface area contributed by atoms with Crippen LogP contribution >= 0.6 is 11.6 Å². The molecule has 3 rings (SSSR count). The van der Waals surface area contributed by atoms with Gasteiger partial charge in [0.15, 0.2) is 0 Å². The van der Waals surface area contributed by atoms with E-state index in [9.17, 15) is 23.3 Å². The molecule has 0 fully saturated rings. The lowest BCUT2D eigenvalue weighted by molar-refractivity contribution is -0.384. The minimum Gasteiger partial charge on any atom is -0.492 e. The molecule has 0 bridgehead atoms. The van der Waals surface area contributed by atoms with Crippen molar-refractivity contribution in [3.63, 3.8) is 0 Å². The second kappa shape index (κ2) is 11.6. The van der Waals surface area contributed by atoms with Crippen molar-refractivity contribution in [1.29, 1.82) is 0 Å². The van der Waals surface area contributed by atoms with Crippen LogP contribution in [0.25, 0.3) is 0 Å². The first-order valence-corrected chi connectivity index (χ1v) is 12.5. The first-order valence-electron chi connectivity index (χ1n) is 10.7. The number of nitrogens with zero attached hydrogens (tertiary/aromatic N) is 3. The van der Waals surface area contributed by atoms with E-state index in [1.807, 2.05) is 6.92 Å². The summed E-state index contributed by atoms with van der Waals surface area (Å²) in [5, 5.41) is 15.0. The third-order valence-corrected chi connectivity index (χ3v) is 7.03. The van der Waals surface area contributed by atoms with E-state index in [2.05, 4.69) is 10.5 Å². The molecule has 0 atom stereocenters. The van der Waals surface area contributed by atoms with Crippen LogP contribution in [-0.2, 0) is 14.8 Å². The molecular formula is C24H23ClN4O6S. The van der Waals surface area contributed by atoms with Gasteiger partial charge in [-0.3, -0.25) is 19.2 Å². The third kappa shape index (κ3) is 6.37. The van der Waals surface area contributed by atoms with Gasteiger partial charge in [0.25, 0.3) is 21.6 Å². The standard InChI is InChI=1S/C24H23ClN4O6S/c1-3-35-23-7-5-4-6-22(23)28(36(33,34)20-11-8-17(2)9-12-20)16-24(30)27-26-15-18-14-19(29(31)32)10-13-21(18)25/h4-15H,3,16H2,1-2H3,(H,27,30)/b26-15-. The van der Waals surface area contributed by atoms with E-state index in [-0.39, 0.29) is 39.2 Å². The number of rotatable bonds is 10. The van der Waals surface area contributed by atoms with Gasteiger partial charge in [0.05, 0.1) is 28.3 Å². The number of aryl methyl sites for hydroxylation is 1. The molecule has 1 amide bonds. The zero-order valence-corrected chi connectivity index (χ0v) is 21.0. The molecule has 0 unspecified atom stereocenters. The monoisotopic (exact) mass is 530 g/mol. The van der Waals surface area contributed by atoms with E-state index in [1.165, 1.54) is 36.4 Å². The minimum atomic E-state index is -4.16. The Balaban J connectivity index is 1.90. The number of carbonyl (C=O) groups is 1. The third-order valence-electron chi connectivity index (χ3n) is 4.91. The molecule has 0 radical (unpaired) electrons. The molecule has 0 aliphatic heterocycles. The van der Waals surface area contributed by atoms with Gasteiger partial charge in [0.2, 0.25) is 0 Å². The predicted octanol–water partition coefficient (Wildman–Crippen LogP) is 4.30. The molecule has 1 N–H and O–H groups in total. The second-order valence-electron chi connectivity index (χ2n) is 7.48. The smallest absolute Gasteiger partial charge is 0.270 e. The Labute approximate surface area is 213 Å². The number of halogens is 1. The summed E-state index contributed by atoms with van der Waals surface area (Å²) < 4.78 is 33.6. The van der Waals surface area contributed by atoms with Crippen LogP contribution in [0.1, 0.15) is 18.1 Å². The van der Waals surface area contributed by atoms with Crippen molar-refractivity contribution in [3.05, 3.63) is 93.0 Å². The number of hydrogen-bond acceptors (Lipinski definition) is 7. The van der Waals surface area contributed by atoms with Gasteiger partial charge in [0, 0.05) is 22.7 Å². The van der Waals surface area contributed by atoms with Crippen molar-refractivity contribution in [2.24, 2.45) is 5.10 Å². The van der Waals surface area contributed by atoms with E-state index in [0.29, 0.717) is 0 Å². The first-order chi connectivity index (χ1) is 17.1. The Hall–Kier alpha value is -3.96. The highest BCUT2D eigenvalue weighted by Gasteiger charge is 2.29. The number of hydrogen-bond donors (Lipinski definition) is 1. The van der Waals surface area contributed by atoms with Gasteiger partial charge in [0.1, 0.15) is 12.3 Å². The SMILES string of the molecule is CCOc1ccccc1N(CC(=O)N/N=C\c1cc([N+](=O)[O-])ccc1Cl)S(=O)(=O)c1ccc(C)cc1. The second-order valence-corrected chi connectivity index (χ2v) is 9.75. The summed E-state index contributed by atoms with van der Waals surface area (Å²) >= 11 is 6.04. The van der Waals surface area contributed by atoms with Crippen molar-refractivity contribution < 1.29 is 22.9 Å². The summed E-state index contributed by atoms with van der Waals surface area (Å²) in [5.41, 5.74) is 3.31. The lowest BCUT2D eigenvalue weighted by Gasteiger charge is -2.25. The van der Waals surface area contributed by atoms with E-state index >= 15 is 0 Å². The van der Waals surface area contributed by atoms with Gasteiger partial charge in [-0.2, -0.15) is 5.10 Å². The molecule has 12 heteroatoms. The molecule has 0 saturated carbocycles. The number of benzene rings is 3. The molecule has 3 aromatic carbocycles. The summed E-state index contributed by atoms with van der Waals surface area (Å²) in [6.07, 6.45) is 1.14. The summed E-state index contributed by atoms with van der Waals surface area (Å²) in [7, 11) is -4.16. The molecular weight excluding hydrogens is 508 g/mol. The Morgan fingerprint density at radius 3 is 2.53 bits per heavy atom. The lowest BCUT2D eigenvalue weighted by atomic mass is 10.2. The summed E-state index contributed by atoms with van der Waals surface area (Å²) in [5.74, 6) is -0.467. The molecule has 0 saturated heterocycles. The Morgan fingerprint density at radius 1 is 1.17 bits per heavy atom. The number of nitrogens with one attached hydrogen (secondary N) is 1. The average Bonchev–Trinajstić information content (AvgIpc) is 2.84. The van der Waals surface area contributed by atoms with Crippen LogP contribution in [0.5, 0.6) is 5.75 Å². The fraction of sp³-hybridized carbons (Fsp3) is 0.167. The first kappa shape index (κ1) is 26.6. The van der Waals surface area contributed by atoms with E-state index in [1.54, 1.807) is 37.3 Å². The van der Waals surface area contributed by atoms with Crippen LogP contribution in [0.3, 0.4) is 0 Å². The van der Waals surface area contributed by atoms with Gasteiger partial charge in [-0.15, -0.1) is 0 Å². The molecule has 0 heterocycles. The Morgan fingerprint density at radius 2 is 1.86 bits per heavy atom. The van der Waals surface area contributed by atoms with Gasteiger partial charge in [-0.25, -0.2) is 13.8 Å². The van der Waals surface area contributed by atoms with Crippen LogP contribution in [0.4, 0.5) is 11.4 Å². The van der Waals surface area contributed by atoms with Gasteiger partial charge < -0.3 is 4.74 Å². The zero-order chi connectivity index (χ0) is 26.3. The fourth-order valence-corrected chi connectivity index (χ4v) is 4.76. The summed E-state index contributed by atoms with van der Waals surface area (Å²) in [6, 6.07) is 16.5. The Bertz CT molecular complexity index is 1390. The molecule has 188 valence electrons. The number of ether oxygens (including phenoxy) is 1. The molecule has 10 nitrogen and oxygen atoms in total. The van der Waals surface area contributed by atoms with E-state index in [4.69, 9.17) is 16.3 Å². The number of amides is 1. The largest absolute Gasteiger partial charge is 0.492 e. The predicted molar refractivity (Wildman–Crippen MR) is 137 cm³/mol. The maximum absolute atomic E-state index is 13.5. The number of carbonyl (C=O) groups excluding carboxylic acids is 1. The molecule has 0 aromatic heterocycles. The van der Waals surface area contributed by atoms with E-state index < -0.39 is 27.4 Å². The Kier molecular flexibility index (Phi) is 8.62. The van der Waals surface area contributed by atoms with Crippen molar-refractivity contribution in [2.45, 2.75) is 18.7 Å². The average molecular weight is 531 g/mol. The maximum Gasteiger partial charge on any atom is 0.270 e. The highest BCUT2D eigenvalue weighted by molar-refractivity contribution is 7.92. The van der Waals surface area contributed by atoms with Crippen LogP contribution in [0, 0.1) is 17.0 Å². The quantitative estimate of drug-likeness (QED) is 0.236. The molecule has 0 aliphatic rings. The molecule has 0 spiro atoms. The number of hydrazone groups is 1. The lowest BCUT2D eigenvalue weighted by Crippen LogP contribution is -2.39. The number of para-hydroxylation sites is 2. The van der Waals surface area contributed by atoms with E-state index in [0.717, 1.165) is 16.1 Å². The van der Waals surface area contributed by atoms with Gasteiger partial charge in [-0.1, -0.05) is 41.4 Å². The van der Waals surface area contributed by atoms with Crippen molar-refractivity contribution in [3.8, 4) is 5.75 Å². The van der Waals surface area contributed by atoms with Crippen LogP contribution in [-0.4, -0.2) is 38.6 Å². The molecule has 3 aromatic rings. The summed E-state index contributed by atoms with van der Waals surface area (Å²) in [6.45, 7) is 3.27. The highest BCUT2D eigenvalue weighted by Crippen LogP contribution is 2.32. The zero-order valence-electron chi connectivity index (χ0n) is 19.4. The number of anilines is 1. The molecule has 36 heavy (non-hydrogen) atoms. The van der Waals surface area contributed by atoms with Crippen LogP contribution in [0.15, 0.2) is 76.7 Å². The number of non-ortho nitro benzene ring substituents is 1. The van der Waals surface area contributed by atoms with Gasteiger partial charge >= 0.3 is 0 Å². The maximum atomic E-state index is 13.5. The van der Waals surface area contributed by atoms with Crippen molar-refractivity contribution in [1.82, 2.24) is 5.43 Å². The topological polar surface area (TPSA) is 131 Å². The molecule has 0 aliphatic carbocycles. The summed E-state index contributed by atoms with van der Waals surface area (Å²) in [4.78, 5) is 23.2. The number of sulfonamides is 1. The number of nitro benzene ring substituents is 1.